The van der Waals surface area contributed by atoms with Crippen molar-refractivity contribution in [1.29, 1.82) is 0 Å². The molecule has 7 nitrogen and oxygen atoms in total. The third-order valence-electron chi connectivity index (χ3n) is 5.27. The average Bonchev–Trinajstić information content (AvgIpc) is 3.24. The number of carbonyl (C=O) groups is 2. The number of anilines is 1. The first-order chi connectivity index (χ1) is 16.0. The van der Waals surface area contributed by atoms with Crippen LogP contribution in [0.2, 0.25) is 0 Å². The van der Waals surface area contributed by atoms with Crippen molar-refractivity contribution in [3.05, 3.63) is 108 Å². The SMILES string of the molecule is CC(NC(=O)c1cn(Cc2ccccc2)nc1-c1ccccc1)c1ccc(NC(N)=O)cc1. The van der Waals surface area contributed by atoms with Crippen LogP contribution in [0.3, 0.4) is 0 Å². The number of urea groups is 1. The average molecular weight is 440 g/mol. The second-order valence-corrected chi connectivity index (χ2v) is 7.75. The van der Waals surface area contributed by atoms with E-state index < -0.39 is 6.03 Å². The molecule has 1 heterocycles. The topological polar surface area (TPSA) is 102 Å². The number of aromatic nitrogens is 2. The summed E-state index contributed by atoms with van der Waals surface area (Å²) in [6.07, 6.45) is 1.79. The smallest absolute Gasteiger partial charge is 0.316 e. The molecular formula is C26H25N5O2. The predicted octanol–water partition coefficient (Wildman–Crippen LogP) is 4.58. The van der Waals surface area contributed by atoms with Crippen LogP contribution in [0.5, 0.6) is 0 Å². The van der Waals surface area contributed by atoms with Crippen LogP contribution >= 0.6 is 0 Å². The molecule has 4 N–H and O–H groups in total. The first-order valence-corrected chi connectivity index (χ1v) is 10.6. The molecule has 7 heteroatoms. The number of nitrogens with two attached hydrogens (primary N) is 1. The molecule has 0 aliphatic rings. The molecular weight excluding hydrogens is 414 g/mol. The Morgan fingerprint density at radius 1 is 0.939 bits per heavy atom. The lowest BCUT2D eigenvalue weighted by atomic mass is 10.1. The molecule has 0 radical (unpaired) electrons. The second-order valence-electron chi connectivity index (χ2n) is 7.75. The maximum atomic E-state index is 13.3. The molecule has 0 spiro atoms. The van der Waals surface area contributed by atoms with Crippen LogP contribution in [0, 0.1) is 0 Å². The van der Waals surface area contributed by atoms with Gasteiger partial charge in [-0.1, -0.05) is 72.8 Å². The Kier molecular flexibility index (Phi) is 6.50. The van der Waals surface area contributed by atoms with Gasteiger partial charge in [-0.15, -0.1) is 0 Å². The number of primary amides is 1. The lowest BCUT2D eigenvalue weighted by Crippen LogP contribution is -2.27. The Labute approximate surface area is 192 Å². The van der Waals surface area contributed by atoms with Crippen molar-refractivity contribution in [3.63, 3.8) is 0 Å². The monoisotopic (exact) mass is 439 g/mol. The number of carbonyl (C=O) groups excluding carboxylic acids is 2. The molecule has 4 aromatic rings. The molecule has 3 amide bonds. The van der Waals surface area contributed by atoms with Crippen LogP contribution in [0.15, 0.2) is 91.1 Å². The van der Waals surface area contributed by atoms with Gasteiger partial charge in [0.25, 0.3) is 5.91 Å². The zero-order valence-corrected chi connectivity index (χ0v) is 18.2. The van der Waals surface area contributed by atoms with Gasteiger partial charge in [0.1, 0.15) is 5.69 Å². The van der Waals surface area contributed by atoms with Crippen molar-refractivity contribution in [2.75, 3.05) is 5.32 Å². The van der Waals surface area contributed by atoms with Gasteiger partial charge in [-0.25, -0.2) is 4.79 Å². The fourth-order valence-electron chi connectivity index (χ4n) is 3.60. The van der Waals surface area contributed by atoms with Crippen LogP contribution in [0.25, 0.3) is 11.3 Å². The van der Waals surface area contributed by atoms with E-state index in [-0.39, 0.29) is 11.9 Å². The van der Waals surface area contributed by atoms with Crippen molar-refractivity contribution in [2.24, 2.45) is 5.73 Å². The van der Waals surface area contributed by atoms with Crippen LogP contribution in [-0.4, -0.2) is 21.7 Å². The van der Waals surface area contributed by atoms with Gasteiger partial charge in [-0.05, 0) is 30.2 Å². The number of benzene rings is 3. The Balaban J connectivity index is 1.57. The van der Waals surface area contributed by atoms with E-state index in [9.17, 15) is 9.59 Å². The summed E-state index contributed by atoms with van der Waals surface area (Å²) in [5.41, 5.74) is 9.77. The molecule has 1 unspecified atom stereocenters. The Bertz CT molecular complexity index is 1230. The molecule has 0 aliphatic carbocycles. The van der Waals surface area contributed by atoms with Crippen molar-refractivity contribution >= 4 is 17.6 Å². The summed E-state index contributed by atoms with van der Waals surface area (Å²) in [7, 11) is 0. The number of nitrogens with one attached hydrogen (secondary N) is 2. The summed E-state index contributed by atoms with van der Waals surface area (Å²) in [5.74, 6) is -0.208. The van der Waals surface area contributed by atoms with E-state index in [1.807, 2.05) is 79.7 Å². The minimum Gasteiger partial charge on any atom is -0.351 e. The van der Waals surface area contributed by atoms with E-state index in [4.69, 9.17) is 10.8 Å². The van der Waals surface area contributed by atoms with Gasteiger partial charge in [0.05, 0.1) is 18.2 Å². The van der Waals surface area contributed by atoms with Crippen LogP contribution in [0.1, 0.15) is 34.5 Å². The third-order valence-corrected chi connectivity index (χ3v) is 5.27. The molecule has 166 valence electrons. The summed E-state index contributed by atoms with van der Waals surface area (Å²) in [5, 5.41) is 10.3. The lowest BCUT2D eigenvalue weighted by Gasteiger charge is -2.15. The van der Waals surface area contributed by atoms with Crippen LogP contribution in [0.4, 0.5) is 10.5 Å². The third kappa shape index (κ3) is 5.46. The summed E-state index contributed by atoms with van der Waals surface area (Å²) in [6, 6.07) is 26.0. The fourth-order valence-corrected chi connectivity index (χ4v) is 3.60. The van der Waals surface area contributed by atoms with E-state index in [1.54, 1.807) is 23.0 Å². The molecule has 0 aliphatic heterocycles. The van der Waals surface area contributed by atoms with Gasteiger partial charge in [-0.2, -0.15) is 5.10 Å². The maximum Gasteiger partial charge on any atom is 0.316 e. The van der Waals surface area contributed by atoms with Gasteiger partial charge < -0.3 is 16.4 Å². The standard InChI is InChI=1S/C26H25N5O2/c1-18(20-12-14-22(15-13-20)29-26(27)33)28-25(32)23-17-31(16-19-8-4-2-5-9-19)30-24(23)21-10-6-3-7-11-21/h2-15,17-18H,16H2,1H3,(H,28,32)(H3,27,29,33). The predicted molar refractivity (Wildman–Crippen MR) is 129 cm³/mol. The Morgan fingerprint density at radius 3 is 2.21 bits per heavy atom. The number of nitrogens with zero attached hydrogens (tertiary/aromatic N) is 2. The number of amides is 3. The highest BCUT2D eigenvalue weighted by Gasteiger charge is 2.20. The van der Waals surface area contributed by atoms with Gasteiger partial charge in [-0.3, -0.25) is 9.48 Å². The Hall–Kier alpha value is -4.39. The van der Waals surface area contributed by atoms with E-state index in [1.165, 1.54) is 0 Å². The molecule has 33 heavy (non-hydrogen) atoms. The normalized spacial score (nSPS) is 11.5. The quantitative estimate of drug-likeness (QED) is 0.393. The van der Waals surface area contributed by atoms with E-state index in [2.05, 4.69) is 10.6 Å². The minimum atomic E-state index is -0.620. The van der Waals surface area contributed by atoms with Gasteiger partial charge in [0.2, 0.25) is 0 Å². The maximum absolute atomic E-state index is 13.3. The van der Waals surface area contributed by atoms with Gasteiger partial charge in [0.15, 0.2) is 0 Å². The molecule has 0 bridgehead atoms. The van der Waals surface area contributed by atoms with Gasteiger partial charge >= 0.3 is 6.03 Å². The minimum absolute atomic E-state index is 0.208. The zero-order valence-electron chi connectivity index (χ0n) is 18.2. The summed E-state index contributed by atoms with van der Waals surface area (Å²) < 4.78 is 1.79. The van der Waals surface area contributed by atoms with Gasteiger partial charge in [0, 0.05) is 17.4 Å². The molecule has 0 fully saturated rings. The largest absolute Gasteiger partial charge is 0.351 e. The van der Waals surface area contributed by atoms with Crippen LogP contribution < -0.4 is 16.4 Å². The highest BCUT2D eigenvalue weighted by molar-refractivity contribution is 6.00. The van der Waals surface area contributed by atoms with E-state index >= 15 is 0 Å². The number of rotatable bonds is 7. The Morgan fingerprint density at radius 2 is 1.58 bits per heavy atom. The first-order valence-electron chi connectivity index (χ1n) is 10.6. The van der Waals surface area contributed by atoms with Crippen molar-refractivity contribution in [1.82, 2.24) is 15.1 Å². The van der Waals surface area contributed by atoms with Crippen molar-refractivity contribution < 1.29 is 9.59 Å². The zero-order chi connectivity index (χ0) is 23.2. The summed E-state index contributed by atoms with van der Waals surface area (Å²) >= 11 is 0. The number of hydrogen-bond donors (Lipinski definition) is 3. The van der Waals surface area contributed by atoms with Crippen molar-refractivity contribution in [3.8, 4) is 11.3 Å². The number of hydrogen-bond acceptors (Lipinski definition) is 3. The van der Waals surface area contributed by atoms with E-state index in [0.29, 0.717) is 23.5 Å². The fraction of sp³-hybridized carbons (Fsp3) is 0.115. The molecule has 0 saturated carbocycles. The molecule has 1 aromatic heterocycles. The van der Waals surface area contributed by atoms with E-state index in [0.717, 1.165) is 16.7 Å². The highest BCUT2D eigenvalue weighted by atomic mass is 16.2. The highest BCUT2D eigenvalue weighted by Crippen LogP contribution is 2.24. The lowest BCUT2D eigenvalue weighted by molar-refractivity contribution is 0.0940. The van der Waals surface area contributed by atoms with Crippen LogP contribution in [-0.2, 0) is 6.54 Å². The second kappa shape index (κ2) is 9.82. The summed E-state index contributed by atoms with van der Waals surface area (Å²) in [6.45, 7) is 2.48. The van der Waals surface area contributed by atoms with Crippen molar-refractivity contribution in [2.45, 2.75) is 19.5 Å². The first kappa shape index (κ1) is 21.8. The summed E-state index contributed by atoms with van der Waals surface area (Å²) in [4.78, 5) is 24.3. The molecule has 1 atom stereocenters. The molecule has 0 saturated heterocycles. The molecule has 4 rings (SSSR count). The molecule has 3 aromatic carbocycles.